The first-order valence-electron chi connectivity index (χ1n) is 10.7. The van der Waals surface area contributed by atoms with Crippen LogP contribution in [0.25, 0.3) is 0 Å². The first-order valence-corrected chi connectivity index (χ1v) is 10.7. The Labute approximate surface area is 182 Å². The molecule has 1 aliphatic rings. The van der Waals surface area contributed by atoms with Gasteiger partial charge in [0.1, 0.15) is 18.1 Å². The molecule has 160 valence electrons. The van der Waals surface area contributed by atoms with Gasteiger partial charge in [0.25, 0.3) is 0 Å². The normalized spacial score (nSPS) is 15.5. The number of benzene rings is 2. The third kappa shape index (κ3) is 4.41. The molecule has 0 bridgehead atoms. The Morgan fingerprint density at radius 2 is 1.74 bits per heavy atom. The molecule has 1 unspecified atom stereocenters. The number of aromatic nitrogens is 1. The van der Waals surface area contributed by atoms with Crippen LogP contribution in [0.1, 0.15) is 68.1 Å². The highest BCUT2D eigenvalue weighted by Crippen LogP contribution is 2.35. The van der Waals surface area contributed by atoms with Crippen LogP contribution in [0.5, 0.6) is 5.75 Å². The van der Waals surface area contributed by atoms with Gasteiger partial charge < -0.3 is 14.5 Å². The van der Waals surface area contributed by atoms with Crippen LogP contribution >= 0.6 is 0 Å². The topological polar surface area (TPSA) is 68.4 Å². The summed E-state index contributed by atoms with van der Waals surface area (Å²) in [6.45, 7) is 6.60. The van der Waals surface area contributed by atoms with Gasteiger partial charge in [0, 0.05) is 17.7 Å². The summed E-state index contributed by atoms with van der Waals surface area (Å²) < 4.78 is 11.0. The molecular formula is C26H27NO4. The van der Waals surface area contributed by atoms with Crippen molar-refractivity contribution in [1.82, 2.24) is 4.98 Å². The van der Waals surface area contributed by atoms with Gasteiger partial charge in [0.05, 0.1) is 6.61 Å². The van der Waals surface area contributed by atoms with Crippen molar-refractivity contribution in [3.05, 3.63) is 87.7 Å². The van der Waals surface area contributed by atoms with E-state index in [1.807, 2.05) is 69.3 Å². The fraction of sp³-hybridized carbons (Fsp3) is 0.308. The van der Waals surface area contributed by atoms with Crippen LogP contribution in [0.4, 0.5) is 0 Å². The minimum absolute atomic E-state index is 0.0615. The Bertz CT molecular complexity index is 1090. The molecular weight excluding hydrogens is 390 g/mol. The van der Waals surface area contributed by atoms with Crippen molar-refractivity contribution in [2.45, 2.75) is 46.1 Å². The summed E-state index contributed by atoms with van der Waals surface area (Å²) in [5.41, 5.74) is 5.69. The fourth-order valence-electron chi connectivity index (χ4n) is 4.18. The molecule has 1 heterocycles. The maximum atomic E-state index is 12.9. The summed E-state index contributed by atoms with van der Waals surface area (Å²) in [6, 6.07) is 15.8. The van der Waals surface area contributed by atoms with E-state index < -0.39 is 5.97 Å². The van der Waals surface area contributed by atoms with E-state index in [2.05, 4.69) is 4.98 Å². The number of hydrogen-bond donors (Lipinski definition) is 1. The van der Waals surface area contributed by atoms with Gasteiger partial charge >= 0.3 is 5.97 Å². The molecule has 1 N–H and O–H groups in total. The summed E-state index contributed by atoms with van der Waals surface area (Å²) in [5.74, 6) is 0.526. The van der Waals surface area contributed by atoms with Crippen LogP contribution in [-0.4, -0.2) is 23.3 Å². The van der Waals surface area contributed by atoms with Crippen LogP contribution in [-0.2, 0) is 17.8 Å². The maximum Gasteiger partial charge on any atom is 0.355 e. The van der Waals surface area contributed by atoms with E-state index in [1.165, 1.54) is 0 Å². The lowest BCUT2D eigenvalue weighted by molar-refractivity contribution is 0.0465. The van der Waals surface area contributed by atoms with Gasteiger partial charge in [-0.2, -0.15) is 0 Å². The Kier molecular flexibility index (Phi) is 5.94. The van der Waals surface area contributed by atoms with Gasteiger partial charge in [0.2, 0.25) is 0 Å². The predicted molar refractivity (Wildman–Crippen MR) is 119 cm³/mol. The van der Waals surface area contributed by atoms with E-state index in [4.69, 9.17) is 9.47 Å². The van der Waals surface area contributed by atoms with Crippen molar-refractivity contribution >= 4 is 11.8 Å². The minimum atomic E-state index is -0.433. The molecule has 0 spiro atoms. The molecule has 0 amide bonds. The Morgan fingerprint density at radius 1 is 1.03 bits per heavy atom. The zero-order chi connectivity index (χ0) is 22.0. The number of aryl methyl sites for hydroxylation is 1. The van der Waals surface area contributed by atoms with E-state index in [9.17, 15) is 9.59 Å². The second-order valence-electron chi connectivity index (χ2n) is 8.07. The molecule has 1 atom stereocenters. The zero-order valence-electron chi connectivity index (χ0n) is 18.2. The number of aromatic amines is 1. The van der Waals surface area contributed by atoms with Gasteiger partial charge in [-0.15, -0.1) is 0 Å². The molecule has 2 aromatic carbocycles. The van der Waals surface area contributed by atoms with E-state index >= 15 is 0 Å². The number of Topliss-reactive ketones (excluding diaryl/α,β-unsaturated/α-hetero) is 1. The molecule has 1 aromatic heterocycles. The van der Waals surface area contributed by atoms with Crippen molar-refractivity contribution in [2.24, 2.45) is 0 Å². The SMILES string of the molecule is CCOc1ccc(C2CC(=O)c3c([nH]c(C(=O)OCc4ccc(C)cc4)c3C)C2)cc1. The molecule has 31 heavy (non-hydrogen) atoms. The highest BCUT2D eigenvalue weighted by molar-refractivity contribution is 6.03. The quantitative estimate of drug-likeness (QED) is 0.553. The zero-order valence-corrected chi connectivity index (χ0v) is 18.2. The number of hydrogen-bond acceptors (Lipinski definition) is 4. The van der Waals surface area contributed by atoms with Crippen LogP contribution < -0.4 is 4.74 Å². The van der Waals surface area contributed by atoms with Gasteiger partial charge in [-0.25, -0.2) is 4.79 Å². The van der Waals surface area contributed by atoms with Gasteiger partial charge in [-0.3, -0.25) is 4.79 Å². The number of H-pyrrole nitrogens is 1. The molecule has 0 saturated carbocycles. The summed E-state index contributed by atoms with van der Waals surface area (Å²) in [7, 11) is 0. The van der Waals surface area contributed by atoms with E-state index in [0.717, 1.165) is 28.1 Å². The molecule has 0 aliphatic heterocycles. The fourth-order valence-corrected chi connectivity index (χ4v) is 4.18. The number of fused-ring (bicyclic) bond motifs is 1. The molecule has 5 nitrogen and oxygen atoms in total. The van der Waals surface area contributed by atoms with Crippen molar-refractivity contribution in [2.75, 3.05) is 6.61 Å². The Morgan fingerprint density at radius 3 is 2.42 bits per heavy atom. The monoisotopic (exact) mass is 417 g/mol. The van der Waals surface area contributed by atoms with Gasteiger partial charge in [0.15, 0.2) is 5.78 Å². The van der Waals surface area contributed by atoms with Crippen LogP contribution in [0.3, 0.4) is 0 Å². The maximum absolute atomic E-state index is 12.9. The number of nitrogens with one attached hydrogen (secondary N) is 1. The molecule has 0 saturated heterocycles. The number of ether oxygens (including phenoxy) is 2. The first-order chi connectivity index (χ1) is 15.0. The number of carbonyl (C=O) groups excluding carboxylic acids is 2. The first kappa shape index (κ1) is 20.9. The highest BCUT2D eigenvalue weighted by atomic mass is 16.5. The lowest BCUT2D eigenvalue weighted by atomic mass is 9.81. The minimum Gasteiger partial charge on any atom is -0.494 e. The number of ketones is 1. The van der Waals surface area contributed by atoms with Gasteiger partial charge in [-0.1, -0.05) is 42.0 Å². The average molecular weight is 418 g/mol. The van der Waals surface area contributed by atoms with Crippen LogP contribution in [0, 0.1) is 13.8 Å². The lowest BCUT2D eigenvalue weighted by Crippen LogP contribution is -2.18. The third-order valence-corrected chi connectivity index (χ3v) is 5.85. The summed E-state index contributed by atoms with van der Waals surface area (Å²) in [4.78, 5) is 28.8. The van der Waals surface area contributed by atoms with E-state index in [0.29, 0.717) is 36.3 Å². The Hall–Kier alpha value is -3.34. The number of rotatable bonds is 6. The molecule has 0 radical (unpaired) electrons. The summed E-state index contributed by atoms with van der Waals surface area (Å²) in [5, 5.41) is 0. The highest BCUT2D eigenvalue weighted by Gasteiger charge is 2.32. The number of esters is 1. The van der Waals surface area contributed by atoms with Crippen molar-refractivity contribution in [3.63, 3.8) is 0 Å². The van der Waals surface area contributed by atoms with Gasteiger partial charge in [-0.05, 0) is 61.9 Å². The molecule has 0 fully saturated rings. The second-order valence-corrected chi connectivity index (χ2v) is 8.07. The van der Waals surface area contributed by atoms with E-state index in [-0.39, 0.29) is 18.3 Å². The van der Waals surface area contributed by atoms with Crippen molar-refractivity contribution in [3.8, 4) is 5.75 Å². The Balaban J connectivity index is 1.50. The smallest absolute Gasteiger partial charge is 0.355 e. The molecule has 4 rings (SSSR count). The van der Waals surface area contributed by atoms with Crippen molar-refractivity contribution < 1.29 is 19.1 Å². The lowest BCUT2D eigenvalue weighted by Gasteiger charge is -2.22. The second kappa shape index (κ2) is 8.80. The summed E-state index contributed by atoms with van der Waals surface area (Å²) >= 11 is 0. The third-order valence-electron chi connectivity index (χ3n) is 5.85. The average Bonchev–Trinajstić information content (AvgIpc) is 3.11. The molecule has 5 heteroatoms. The predicted octanol–water partition coefficient (Wildman–Crippen LogP) is 5.30. The van der Waals surface area contributed by atoms with Crippen LogP contribution in [0.2, 0.25) is 0 Å². The van der Waals surface area contributed by atoms with Crippen LogP contribution in [0.15, 0.2) is 48.5 Å². The van der Waals surface area contributed by atoms with Crippen molar-refractivity contribution in [1.29, 1.82) is 0 Å². The number of carbonyl (C=O) groups is 2. The molecule has 1 aliphatic carbocycles. The molecule has 3 aromatic rings. The largest absolute Gasteiger partial charge is 0.494 e. The standard InChI is InChI=1S/C26H27NO4/c1-4-30-21-11-9-19(10-12-21)20-13-22-24(23(28)14-20)17(3)25(27-22)26(29)31-15-18-7-5-16(2)6-8-18/h5-12,20,27H,4,13-15H2,1-3H3. The van der Waals surface area contributed by atoms with E-state index in [1.54, 1.807) is 0 Å². The summed E-state index contributed by atoms with van der Waals surface area (Å²) in [6.07, 6.45) is 1.11.